The lowest BCUT2D eigenvalue weighted by Gasteiger charge is -2.56. The molecule has 4 fully saturated rings. The Kier molecular flexibility index (Phi) is 4.53. The topological polar surface area (TPSA) is 70.2 Å². The van der Waals surface area contributed by atoms with Gasteiger partial charge in [-0.25, -0.2) is 4.79 Å². The number of benzene rings is 2. The predicted octanol–water partition coefficient (Wildman–Crippen LogP) is 5.03. The van der Waals surface area contributed by atoms with Crippen molar-refractivity contribution in [3.63, 3.8) is 0 Å². The number of para-hydroxylation sites is 1. The minimum atomic E-state index is -0.304. The van der Waals surface area contributed by atoms with E-state index in [-0.39, 0.29) is 17.5 Å². The molecule has 0 unspecified atom stereocenters. The third-order valence-electron chi connectivity index (χ3n) is 6.85. The van der Waals surface area contributed by atoms with Crippen LogP contribution in [0.5, 0.6) is 0 Å². The standard InChI is InChI=1S/C24H27N3O2/c28-22(27-24-13-16-10-17(14-24)12-18(11-16)15-24)19-6-8-21(9-7-19)26-23(29)25-20-4-2-1-3-5-20/h1-9,16-18H,10-15H2,(H,27,28)(H2,25,26,29). The molecule has 6 rings (SSSR count). The van der Waals surface area contributed by atoms with Crippen LogP contribution in [0.2, 0.25) is 0 Å². The highest BCUT2D eigenvalue weighted by molar-refractivity contribution is 6.00. The molecule has 0 aliphatic heterocycles. The van der Waals surface area contributed by atoms with Gasteiger partial charge in [0.2, 0.25) is 0 Å². The number of carbonyl (C=O) groups is 2. The largest absolute Gasteiger partial charge is 0.347 e. The summed E-state index contributed by atoms with van der Waals surface area (Å²) >= 11 is 0. The summed E-state index contributed by atoms with van der Waals surface area (Å²) < 4.78 is 0. The third kappa shape index (κ3) is 3.86. The van der Waals surface area contributed by atoms with E-state index in [1.165, 1.54) is 19.3 Å². The zero-order valence-electron chi connectivity index (χ0n) is 16.5. The second-order valence-corrected chi connectivity index (χ2v) is 9.17. The lowest BCUT2D eigenvalue weighted by atomic mass is 9.53. The van der Waals surface area contributed by atoms with E-state index in [2.05, 4.69) is 16.0 Å². The minimum Gasteiger partial charge on any atom is -0.347 e. The summed E-state index contributed by atoms with van der Waals surface area (Å²) in [5, 5.41) is 8.98. The van der Waals surface area contributed by atoms with Crippen LogP contribution in [0, 0.1) is 17.8 Å². The molecule has 4 bridgehead atoms. The zero-order chi connectivity index (χ0) is 19.8. The maximum Gasteiger partial charge on any atom is 0.323 e. The van der Waals surface area contributed by atoms with Gasteiger partial charge in [0.15, 0.2) is 0 Å². The van der Waals surface area contributed by atoms with Crippen LogP contribution in [0.4, 0.5) is 16.2 Å². The lowest BCUT2D eigenvalue weighted by molar-refractivity contribution is -0.0167. The first-order chi connectivity index (χ1) is 14.1. The maximum absolute atomic E-state index is 12.9. The van der Waals surface area contributed by atoms with Crippen molar-refractivity contribution >= 4 is 23.3 Å². The summed E-state index contributed by atoms with van der Waals surface area (Å²) in [6.45, 7) is 0. The molecule has 0 heterocycles. The highest BCUT2D eigenvalue weighted by atomic mass is 16.2. The van der Waals surface area contributed by atoms with Crippen LogP contribution in [-0.4, -0.2) is 17.5 Å². The molecule has 0 aromatic heterocycles. The first kappa shape index (κ1) is 18.2. The number of anilines is 2. The van der Waals surface area contributed by atoms with Crippen LogP contribution >= 0.6 is 0 Å². The van der Waals surface area contributed by atoms with Crippen molar-refractivity contribution in [2.24, 2.45) is 17.8 Å². The van der Waals surface area contributed by atoms with Crippen molar-refractivity contribution < 1.29 is 9.59 Å². The quantitative estimate of drug-likeness (QED) is 0.686. The average molecular weight is 389 g/mol. The fraction of sp³-hybridized carbons (Fsp3) is 0.417. The Morgan fingerprint density at radius 3 is 1.79 bits per heavy atom. The number of hydrogen-bond donors (Lipinski definition) is 3. The molecule has 3 amide bonds. The molecule has 5 nitrogen and oxygen atoms in total. The van der Waals surface area contributed by atoms with Gasteiger partial charge < -0.3 is 16.0 Å². The SMILES string of the molecule is O=C(Nc1ccccc1)Nc1ccc(C(=O)NC23CC4CC(CC(C4)C2)C3)cc1. The normalized spacial score (nSPS) is 29.3. The third-order valence-corrected chi connectivity index (χ3v) is 6.85. The van der Waals surface area contributed by atoms with E-state index in [0.29, 0.717) is 11.3 Å². The number of urea groups is 1. The number of nitrogens with one attached hydrogen (secondary N) is 3. The van der Waals surface area contributed by atoms with Gasteiger partial charge in [-0.15, -0.1) is 0 Å². The van der Waals surface area contributed by atoms with Gasteiger partial charge in [-0.05, 0) is 92.7 Å². The van der Waals surface area contributed by atoms with Crippen molar-refractivity contribution in [1.82, 2.24) is 5.32 Å². The van der Waals surface area contributed by atoms with Crippen LogP contribution in [0.25, 0.3) is 0 Å². The van der Waals surface area contributed by atoms with E-state index in [4.69, 9.17) is 0 Å². The summed E-state index contributed by atoms with van der Waals surface area (Å²) in [5.74, 6) is 2.41. The summed E-state index contributed by atoms with van der Waals surface area (Å²) in [7, 11) is 0. The Labute approximate surface area is 171 Å². The van der Waals surface area contributed by atoms with Crippen LogP contribution in [0.1, 0.15) is 48.9 Å². The van der Waals surface area contributed by atoms with Gasteiger partial charge in [0, 0.05) is 22.5 Å². The second kappa shape index (κ2) is 7.21. The fourth-order valence-corrected chi connectivity index (χ4v) is 6.10. The maximum atomic E-state index is 12.9. The van der Waals surface area contributed by atoms with E-state index in [1.807, 2.05) is 30.3 Å². The minimum absolute atomic E-state index is 0.00670. The summed E-state index contributed by atoms with van der Waals surface area (Å²) in [4.78, 5) is 25.0. The molecule has 0 radical (unpaired) electrons. The van der Waals surface area contributed by atoms with Gasteiger partial charge in [-0.3, -0.25) is 4.79 Å². The van der Waals surface area contributed by atoms with Crippen molar-refractivity contribution in [2.75, 3.05) is 10.6 Å². The molecular weight excluding hydrogens is 362 g/mol. The van der Waals surface area contributed by atoms with Gasteiger partial charge in [0.25, 0.3) is 5.91 Å². The number of amides is 3. The van der Waals surface area contributed by atoms with Gasteiger partial charge in [0.05, 0.1) is 0 Å². The van der Waals surface area contributed by atoms with Crippen LogP contribution in [0.3, 0.4) is 0 Å². The molecule has 3 N–H and O–H groups in total. The van der Waals surface area contributed by atoms with Crippen LogP contribution in [-0.2, 0) is 0 Å². The Balaban J connectivity index is 1.20. The molecule has 29 heavy (non-hydrogen) atoms. The molecule has 4 saturated carbocycles. The molecule has 5 heteroatoms. The van der Waals surface area contributed by atoms with Crippen LogP contribution in [0.15, 0.2) is 54.6 Å². The molecule has 2 aromatic carbocycles. The average Bonchev–Trinajstić information content (AvgIpc) is 2.68. The van der Waals surface area contributed by atoms with Gasteiger partial charge in [-0.2, -0.15) is 0 Å². The van der Waals surface area contributed by atoms with E-state index in [1.54, 1.807) is 24.3 Å². The van der Waals surface area contributed by atoms with E-state index in [0.717, 1.165) is 42.7 Å². The monoisotopic (exact) mass is 389 g/mol. The molecule has 150 valence electrons. The zero-order valence-corrected chi connectivity index (χ0v) is 16.5. The number of carbonyl (C=O) groups excluding carboxylic acids is 2. The van der Waals surface area contributed by atoms with Crippen molar-refractivity contribution in [1.29, 1.82) is 0 Å². The summed E-state index contributed by atoms with van der Waals surface area (Å²) in [5.41, 5.74) is 2.05. The van der Waals surface area contributed by atoms with Crippen LogP contribution < -0.4 is 16.0 Å². The van der Waals surface area contributed by atoms with E-state index in [9.17, 15) is 9.59 Å². The Hall–Kier alpha value is -2.82. The number of rotatable bonds is 4. The molecule has 4 aliphatic rings. The smallest absolute Gasteiger partial charge is 0.323 e. The lowest BCUT2D eigenvalue weighted by Crippen LogP contribution is -2.59. The molecule has 0 spiro atoms. The molecule has 0 saturated heterocycles. The molecular formula is C24H27N3O2. The van der Waals surface area contributed by atoms with Gasteiger partial charge in [-0.1, -0.05) is 18.2 Å². The first-order valence-corrected chi connectivity index (χ1v) is 10.6. The highest BCUT2D eigenvalue weighted by Crippen LogP contribution is 2.55. The van der Waals surface area contributed by atoms with Crippen molar-refractivity contribution in [2.45, 2.75) is 44.1 Å². The molecule has 0 atom stereocenters. The van der Waals surface area contributed by atoms with Crippen molar-refractivity contribution in [3.05, 3.63) is 60.2 Å². The highest BCUT2D eigenvalue weighted by Gasteiger charge is 2.51. The van der Waals surface area contributed by atoms with Crippen molar-refractivity contribution in [3.8, 4) is 0 Å². The molecule has 2 aromatic rings. The Bertz CT molecular complexity index is 872. The van der Waals surface area contributed by atoms with Gasteiger partial charge in [0.1, 0.15) is 0 Å². The Morgan fingerprint density at radius 2 is 1.24 bits per heavy atom. The summed E-state index contributed by atoms with van der Waals surface area (Å²) in [6.07, 6.45) is 7.51. The second-order valence-electron chi connectivity index (χ2n) is 9.17. The predicted molar refractivity (Wildman–Crippen MR) is 114 cm³/mol. The number of hydrogen-bond acceptors (Lipinski definition) is 2. The fourth-order valence-electron chi connectivity index (χ4n) is 6.10. The van der Waals surface area contributed by atoms with E-state index < -0.39 is 0 Å². The summed E-state index contributed by atoms with van der Waals surface area (Å²) in [6, 6.07) is 16.1. The van der Waals surface area contributed by atoms with Gasteiger partial charge >= 0.3 is 6.03 Å². The Morgan fingerprint density at radius 1 is 0.724 bits per heavy atom. The van der Waals surface area contributed by atoms with E-state index >= 15 is 0 Å². The first-order valence-electron chi connectivity index (χ1n) is 10.6. The molecule has 4 aliphatic carbocycles.